The number of halogens is 1. The highest BCUT2D eigenvalue weighted by molar-refractivity contribution is 9.10. The van der Waals surface area contributed by atoms with Crippen molar-refractivity contribution in [3.8, 4) is 11.5 Å². The third-order valence-electron chi connectivity index (χ3n) is 2.87. The molecule has 0 aliphatic carbocycles. The second-order valence-corrected chi connectivity index (χ2v) is 5.39. The molecule has 4 nitrogen and oxygen atoms in total. The lowest BCUT2D eigenvalue weighted by molar-refractivity contribution is 0.866. The number of hydrogen-bond acceptors (Lipinski definition) is 4. The minimum absolute atomic E-state index is 0.677. The Balaban J connectivity index is 2.52. The van der Waals surface area contributed by atoms with Gasteiger partial charge in [-0.25, -0.2) is 15.0 Å². The van der Waals surface area contributed by atoms with Crippen molar-refractivity contribution < 1.29 is 0 Å². The van der Waals surface area contributed by atoms with Gasteiger partial charge in [0.25, 0.3) is 0 Å². The summed E-state index contributed by atoms with van der Waals surface area (Å²) in [7, 11) is 0. The molecule has 0 aliphatic rings. The van der Waals surface area contributed by atoms with Crippen molar-refractivity contribution in [3.63, 3.8) is 0 Å². The first-order valence-corrected chi connectivity index (χ1v) is 7.69. The van der Waals surface area contributed by atoms with Gasteiger partial charge < -0.3 is 5.32 Å². The molecular weight excluding hydrogens is 316 g/mol. The molecule has 20 heavy (non-hydrogen) atoms. The highest BCUT2D eigenvalue weighted by Crippen LogP contribution is 2.27. The number of nitrogens with one attached hydrogen (secondary N) is 1. The molecule has 0 fully saturated rings. The Hall–Kier alpha value is -1.49. The second kappa shape index (κ2) is 6.79. The first-order valence-electron chi connectivity index (χ1n) is 6.90. The number of anilines is 1. The number of hydrogen-bond donors (Lipinski definition) is 1. The van der Waals surface area contributed by atoms with Gasteiger partial charge in [0, 0.05) is 12.2 Å². The van der Waals surface area contributed by atoms with Crippen molar-refractivity contribution in [3.05, 3.63) is 34.1 Å². The maximum atomic E-state index is 4.66. The summed E-state index contributed by atoms with van der Waals surface area (Å²) in [4.78, 5) is 13.7. The standard InChI is InChI=1S/C15H19BrN4/c1-4-7-11-13(16)15(17-5-2)20-14(19-11)12-9-6-8-10(3)18-12/h6,8-9H,4-5,7H2,1-3H3,(H,17,19,20). The van der Waals surface area contributed by atoms with Crippen molar-refractivity contribution in [1.29, 1.82) is 0 Å². The molecule has 2 aromatic heterocycles. The van der Waals surface area contributed by atoms with E-state index in [4.69, 9.17) is 0 Å². The molecule has 0 atom stereocenters. The van der Waals surface area contributed by atoms with E-state index in [9.17, 15) is 0 Å². The molecule has 0 spiro atoms. The van der Waals surface area contributed by atoms with Crippen LogP contribution in [0.5, 0.6) is 0 Å². The Labute approximate surface area is 128 Å². The smallest absolute Gasteiger partial charge is 0.180 e. The third kappa shape index (κ3) is 3.33. The maximum Gasteiger partial charge on any atom is 0.180 e. The highest BCUT2D eigenvalue weighted by Gasteiger charge is 2.13. The fourth-order valence-corrected chi connectivity index (χ4v) is 2.48. The van der Waals surface area contributed by atoms with Crippen LogP contribution in [0.4, 0.5) is 5.82 Å². The van der Waals surface area contributed by atoms with Crippen LogP contribution < -0.4 is 5.32 Å². The zero-order chi connectivity index (χ0) is 14.5. The van der Waals surface area contributed by atoms with E-state index in [1.54, 1.807) is 0 Å². The van der Waals surface area contributed by atoms with Crippen LogP contribution in [0, 0.1) is 6.92 Å². The zero-order valence-corrected chi connectivity index (χ0v) is 13.7. The lowest BCUT2D eigenvalue weighted by Crippen LogP contribution is -2.07. The van der Waals surface area contributed by atoms with Gasteiger partial charge in [0.05, 0.1) is 10.2 Å². The van der Waals surface area contributed by atoms with Gasteiger partial charge in [0.15, 0.2) is 5.82 Å². The van der Waals surface area contributed by atoms with E-state index in [0.717, 1.165) is 46.8 Å². The fourth-order valence-electron chi connectivity index (χ4n) is 1.96. The predicted octanol–water partition coefficient (Wildman–Crippen LogP) is 3.99. The van der Waals surface area contributed by atoms with Crippen LogP contribution in [0.25, 0.3) is 11.5 Å². The molecule has 0 radical (unpaired) electrons. The quantitative estimate of drug-likeness (QED) is 0.897. The number of rotatable bonds is 5. The van der Waals surface area contributed by atoms with Gasteiger partial charge in [-0.05, 0) is 48.3 Å². The molecule has 5 heteroatoms. The lowest BCUT2D eigenvalue weighted by Gasteiger charge is -2.11. The van der Waals surface area contributed by atoms with Crippen LogP contribution in [-0.4, -0.2) is 21.5 Å². The maximum absolute atomic E-state index is 4.66. The average molecular weight is 335 g/mol. The van der Waals surface area contributed by atoms with Crippen molar-refractivity contribution in [1.82, 2.24) is 15.0 Å². The summed E-state index contributed by atoms with van der Waals surface area (Å²) in [5.41, 5.74) is 2.81. The predicted molar refractivity (Wildman–Crippen MR) is 85.9 cm³/mol. The third-order valence-corrected chi connectivity index (χ3v) is 3.70. The molecular formula is C15H19BrN4. The summed E-state index contributed by atoms with van der Waals surface area (Å²) < 4.78 is 0.956. The van der Waals surface area contributed by atoms with Crippen LogP contribution >= 0.6 is 15.9 Å². The van der Waals surface area contributed by atoms with Crippen molar-refractivity contribution in [2.45, 2.75) is 33.6 Å². The van der Waals surface area contributed by atoms with Crippen LogP contribution in [0.3, 0.4) is 0 Å². The number of aryl methyl sites for hydroxylation is 2. The summed E-state index contributed by atoms with van der Waals surface area (Å²) in [6, 6.07) is 5.90. The summed E-state index contributed by atoms with van der Waals surface area (Å²) in [5.74, 6) is 1.51. The first kappa shape index (κ1) is 14.9. The molecule has 0 aliphatic heterocycles. The Morgan fingerprint density at radius 1 is 1.15 bits per heavy atom. The summed E-state index contributed by atoms with van der Waals surface area (Å²) in [6.45, 7) is 6.99. The van der Waals surface area contributed by atoms with E-state index >= 15 is 0 Å². The van der Waals surface area contributed by atoms with Crippen LogP contribution in [-0.2, 0) is 6.42 Å². The van der Waals surface area contributed by atoms with Crippen LogP contribution in [0.1, 0.15) is 31.7 Å². The second-order valence-electron chi connectivity index (χ2n) is 4.60. The Kier molecular flexibility index (Phi) is 5.06. The topological polar surface area (TPSA) is 50.7 Å². The average Bonchev–Trinajstić information content (AvgIpc) is 2.43. The van der Waals surface area contributed by atoms with Crippen molar-refractivity contribution >= 4 is 21.7 Å². The minimum atomic E-state index is 0.677. The largest absolute Gasteiger partial charge is 0.369 e. The van der Waals surface area contributed by atoms with Gasteiger partial charge in [-0.3, -0.25) is 0 Å². The van der Waals surface area contributed by atoms with Gasteiger partial charge in [-0.1, -0.05) is 19.4 Å². The van der Waals surface area contributed by atoms with Crippen molar-refractivity contribution in [2.24, 2.45) is 0 Å². The van der Waals surface area contributed by atoms with E-state index in [1.165, 1.54) is 0 Å². The molecule has 0 saturated heterocycles. The Morgan fingerprint density at radius 3 is 2.60 bits per heavy atom. The van der Waals surface area contributed by atoms with Gasteiger partial charge in [0.2, 0.25) is 0 Å². The summed E-state index contributed by atoms with van der Waals surface area (Å²) >= 11 is 3.60. The van der Waals surface area contributed by atoms with E-state index in [2.05, 4.69) is 50.0 Å². The number of pyridine rings is 1. The normalized spacial score (nSPS) is 10.6. The number of aromatic nitrogens is 3. The molecule has 106 valence electrons. The lowest BCUT2D eigenvalue weighted by atomic mass is 10.2. The molecule has 0 bridgehead atoms. The molecule has 0 aromatic carbocycles. The zero-order valence-electron chi connectivity index (χ0n) is 12.1. The molecule has 0 amide bonds. The Morgan fingerprint density at radius 2 is 1.95 bits per heavy atom. The molecule has 2 heterocycles. The first-order chi connectivity index (χ1) is 9.65. The van der Waals surface area contributed by atoms with Crippen LogP contribution in [0.15, 0.2) is 22.7 Å². The van der Waals surface area contributed by atoms with Crippen molar-refractivity contribution in [2.75, 3.05) is 11.9 Å². The van der Waals surface area contributed by atoms with Gasteiger partial charge >= 0.3 is 0 Å². The fraction of sp³-hybridized carbons (Fsp3) is 0.400. The van der Waals surface area contributed by atoms with E-state index in [0.29, 0.717) is 5.82 Å². The van der Waals surface area contributed by atoms with Gasteiger partial charge in [0.1, 0.15) is 11.5 Å². The SMILES string of the molecule is CCCc1nc(-c2cccc(C)n2)nc(NCC)c1Br. The summed E-state index contributed by atoms with van der Waals surface area (Å²) in [5, 5.41) is 3.27. The van der Waals surface area contributed by atoms with E-state index < -0.39 is 0 Å². The minimum Gasteiger partial charge on any atom is -0.369 e. The van der Waals surface area contributed by atoms with E-state index in [-0.39, 0.29) is 0 Å². The monoisotopic (exact) mass is 334 g/mol. The Bertz CT molecular complexity index is 571. The highest BCUT2D eigenvalue weighted by atomic mass is 79.9. The molecule has 2 aromatic rings. The van der Waals surface area contributed by atoms with Gasteiger partial charge in [-0.15, -0.1) is 0 Å². The molecule has 0 unspecified atom stereocenters. The molecule has 2 rings (SSSR count). The summed E-state index contributed by atoms with van der Waals surface area (Å²) in [6.07, 6.45) is 1.96. The molecule has 1 N–H and O–H groups in total. The van der Waals surface area contributed by atoms with Crippen LogP contribution in [0.2, 0.25) is 0 Å². The number of nitrogens with zero attached hydrogens (tertiary/aromatic N) is 3. The van der Waals surface area contributed by atoms with Gasteiger partial charge in [-0.2, -0.15) is 0 Å². The molecule has 0 saturated carbocycles. The van der Waals surface area contributed by atoms with E-state index in [1.807, 2.05) is 25.1 Å².